The minimum atomic E-state index is 0.213. The largest absolute Gasteiger partial charge is 0.340 e. The van der Waals surface area contributed by atoms with E-state index in [1.165, 1.54) is 12.1 Å². The molecule has 0 unspecified atom stereocenters. The molecule has 0 aliphatic carbocycles. The third-order valence-corrected chi connectivity index (χ3v) is 5.13. The summed E-state index contributed by atoms with van der Waals surface area (Å²) in [7, 11) is 0. The first-order valence-corrected chi connectivity index (χ1v) is 8.39. The summed E-state index contributed by atoms with van der Waals surface area (Å²) in [5, 5.41) is 0. The van der Waals surface area contributed by atoms with Gasteiger partial charge < -0.3 is 4.90 Å². The van der Waals surface area contributed by atoms with E-state index in [0.717, 1.165) is 39.3 Å². The van der Waals surface area contributed by atoms with Gasteiger partial charge >= 0.3 is 0 Å². The summed E-state index contributed by atoms with van der Waals surface area (Å²) in [6.07, 6.45) is 0. The Morgan fingerprint density at radius 1 is 1.09 bits per heavy atom. The molecule has 1 aromatic rings. The molecule has 120 valence electrons. The molecule has 22 heavy (non-hydrogen) atoms. The number of rotatable bonds is 3. The van der Waals surface area contributed by atoms with E-state index in [1.54, 1.807) is 6.92 Å². The van der Waals surface area contributed by atoms with E-state index in [4.69, 9.17) is 0 Å². The quantitative estimate of drug-likeness (QED) is 0.850. The van der Waals surface area contributed by atoms with E-state index in [-0.39, 0.29) is 5.91 Å². The molecule has 0 aromatic heterocycles. The normalized spacial score (nSPS) is 27.3. The van der Waals surface area contributed by atoms with Crippen molar-refractivity contribution in [3.8, 4) is 0 Å². The molecule has 2 atom stereocenters. The van der Waals surface area contributed by atoms with Crippen molar-refractivity contribution in [3.63, 3.8) is 0 Å². The zero-order valence-electron chi connectivity index (χ0n) is 13.7. The molecule has 2 heterocycles. The van der Waals surface area contributed by atoms with Crippen LogP contribution in [0.5, 0.6) is 0 Å². The molecule has 2 aliphatic rings. The maximum atomic E-state index is 11.4. The van der Waals surface area contributed by atoms with E-state index in [1.807, 2.05) is 4.90 Å². The third-order valence-electron chi connectivity index (χ3n) is 5.13. The number of benzene rings is 1. The first kappa shape index (κ1) is 15.5. The van der Waals surface area contributed by atoms with Crippen LogP contribution in [0.25, 0.3) is 0 Å². The summed E-state index contributed by atoms with van der Waals surface area (Å²) in [5.41, 5.74) is 1.40. The fourth-order valence-corrected chi connectivity index (χ4v) is 3.86. The van der Waals surface area contributed by atoms with Crippen LogP contribution in [-0.4, -0.2) is 65.9 Å². The van der Waals surface area contributed by atoms with Crippen molar-refractivity contribution in [3.05, 3.63) is 35.9 Å². The smallest absolute Gasteiger partial charge is 0.219 e. The van der Waals surface area contributed by atoms with Crippen molar-refractivity contribution in [1.82, 2.24) is 14.7 Å². The van der Waals surface area contributed by atoms with Gasteiger partial charge in [0.25, 0.3) is 0 Å². The van der Waals surface area contributed by atoms with Crippen LogP contribution in [0.4, 0.5) is 0 Å². The van der Waals surface area contributed by atoms with E-state index in [2.05, 4.69) is 47.1 Å². The van der Waals surface area contributed by atoms with Crippen LogP contribution in [0.15, 0.2) is 30.3 Å². The number of hydrogen-bond acceptors (Lipinski definition) is 3. The predicted molar refractivity (Wildman–Crippen MR) is 88.5 cm³/mol. The maximum absolute atomic E-state index is 11.4. The molecule has 2 saturated heterocycles. The first-order valence-electron chi connectivity index (χ1n) is 8.39. The Morgan fingerprint density at radius 2 is 1.77 bits per heavy atom. The molecule has 4 heteroatoms. The van der Waals surface area contributed by atoms with Crippen LogP contribution in [0.1, 0.15) is 19.4 Å². The number of nitrogens with zero attached hydrogens (tertiary/aromatic N) is 3. The molecule has 0 N–H and O–H groups in total. The lowest BCUT2D eigenvalue weighted by atomic mass is 10.0. The first-order chi connectivity index (χ1) is 10.6. The SMILES string of the molecule is CC(=O)N1CCN([C@H]2CN(Cc3ccccc3)C[C@@H]2C)CC1. The van der Waals surface area contributed by atoms with Crippen LogP contribution >= 0.6 is 0 Å². The summed E-state index contributed by atoms with van der Waals surface area (Å²) in [6.45, 7) is 11.2. The highest BCUT2D eigenvalue weighted by atomic mass is 16.2. The van der Waals surface area contributed by atoms with Crippen LogP contribution in [-0.2, 0) is 11.3 Å². The lowest BCUT2D eigenvalue weighted by Gasteiger charge is -2.39. The molecule has 3 rings (SSSR count). The second-order valence-electron chi connectivity index (χ2n) is 6.77. The van der Waals surface area contributed by atoms with E-state index < -0.39 is 0 Å². The predicted octanol–water partition coefficient (Wildman–Crippen LogP) is 1.67. The molecule has 1 aromatic carbocycles. The Kier molecular flexibility index (Phi) is 4.79. The average Bonchev–Trinajstić information content (AvgIpc) is 2.89. The fourth-order valence-electron chi connectivity index (χ4n) is 3.86. The van der Waals surface area contributed by atoms with Gasteiger partial charge in [0.15, 0.2) is 0 Å². The van der Waals surface area contributed by atoms with E-state index in [0.29, 0.717) is 12.0 Å². The molecule has 0 radical (unpaired) electrons. The summed E-state index contributed by atoms with van der Waals surface area (Å²) >= 11 is 0. The summed E-state index contributed by atoms with van der Waals surface area (Å²) in [4.78, 5) is 18.6. The van der Waals surface area contributed by atoms with Crippen molar-refractivity contribution >= 4 is 5.91 Å². The van der Waals surface area contributed by atoms with Crippen molar-refractivity contribution in [1.29, 1.82) is 0 Å². The summed E-state index contributed by atoms with van der Waals surface area (Å²) < 4.78 is 0. The fraction of sp³-hybridized carbons (Fsp3) is 0.611. The molecular formula is C18H27N3O. The van der Waals surface area contributed by atoms with Gasteiger partial charge in [-0.25, -0.2) is 0 Å². The average molecular weight is 301 g/mol. The molecule has 0 bridgehead atoms. The van der Waals surface area contributed by atoms with Crippen LogP contribution < -0.4 is 0 Å². The van der Waals surface area contributed by atoms with Gasteiger partial charge in [-0.15, -0.1) is 0 Å². The van der Waals surface area contributed by atoms with Crippen molar-refractivity contribution in [2.45, 2.75) is 26.4 Å². The number of amides is 1. The number of carbonyl (C=O) groups excluding carboxylic acids is 1. The second kappa shape index (κ2) is 6.80. The highest BCUT2D eigenvalue weighted by molar-refractivity contribution is 5.73. The highest BCUT2D eigenvalue weighted by Crippen LogP contribution is 2.24. The maximum Gasteiger partial charge on any atom is 0.219 e. The van der Waals surface area contributed by atoms with Gasteiger partial charge in [0, 0.05) is 58.8 Å². The molecule has 2 fully saturated rings. The van der Waals surface area contributed by atoms with Crippen LogP contribution in [0.3, 0.4) is 0 Å². The summed E-state index contributed by atoms with van der Waals surface area (Å²) in [6, 6.07) is 11.4. The molecule has 2 aliphatic heterocycles. The minimum absolute atomic E-state index is 0.213. The third kappa shape index (κ3) is 3.50. The number of carbonyl (C=O) groups is 1. The van der Waals surface area contributed by atoms with E-state index in [9.17, 15) is 4.79 Å². The van der Waals surface area contributed by atoms with Gasteiger partial charge in [-0.1, -0.05) is 37.3 Å². The lowest BCUT2D eigenvalue weighted by molar-refractivity contribution is -0.130. The Bertz CT molecular complexity index is 496. The highest BCUT2D eigenvalue weighted by Gasteiger charge is 2.35. The van der Waals surface area contributed by atoms with Gasteiger partial charge in [0.1, 0.15) is 0 Å². The number of hydrogen-bond donors (Lipinski definition) is 0. The minimum Gasteiger partial charge on any atom is -0.340 e. The van der Waals surface area contributed by atoms with Crippen molar-refractivity contribution < 1.29 is 4.79 Å². The zero-order chi connectivity index (χ0) is 15.5. The Labute approximate surface area is 133 Å². The van der Waals surface area contributed by atoms with Crippen LogP contribution in [0.2, 0.25) is 0 Å². The zero-order valence-corrected chi connectivity index (χ0v) is 13.7. The van der Waals surface area contributed by atoms with Crippen molar-refractivity contribution in [2.24, 2.45) is 5.92 Å². The van der Waals surface area contributed by atoms with Gasteiger partial charge in [0.05, 0.1) is 0 Å². The Balaban J connectivity index is 1.54. The monoisotopic (exact) mass is 301 g/mol. The Morgan fingerprint density at radius 3 is 2.41 bits per heavy atom. The lowest BCUT2D eigenvalue weighted by Crippen LogP contribution is -2.53. The molecule has 0 saturated carbocycles. The van der Waals surface area contributed by atoms with Gasteiger partial charge in [-0.2, -0.15) is 0 Å². The van der Waals surface area contributed by atoms with E-state index >= 15 is 0 Å². The molecule has 4 nitrogen and oxygen atoms in total. The van der Waals surface area contributed by atoms with Gasteiger partial charge in [-0.3, -0.25) is 14.6 Å². The number of piperazine rings is 1. The molecule has 0 spiro atoms. The van der Waals surface area contributed by atoms with Crippen LogP contribution in [0, 0.1) is 5.92 Å². The standard InChI is InChI=1S/C18H27N3O/c1-15-12-19(13-17-6-4-3-5-7-17)14-18(15)21-10-8-20(9-11-21)16(2)22/h3-7,15,18H,8-14H2,1-2H3/t15-,18-/m0/s1. The van der Waals surface area contributed by atoms with Gasteiger partial charge in [0.2, 0.25) is 5.91 Å². The number of likely N-dealkylation sites (tertiary alicyclic amines) is 1. The summed E-state index contributed by atoms with van der Waals surface area (Å²) in [5.74, 6) is 0.914. The van der Waals surface area contributed by atoms with Gasteiger partial charge in [-0.05, 0) is 11.5 Å². The molecular weight excluding hydrogens is 274 g/mol. The molecule has 1 amide bonds. The van der Waals surface area contributed by atoms with Crippen molar-refractivity contribution in [2.75, 3.05) is 39.3 Å². The second-order valence-corrected chi connectivity index (χ2v) is 6.77. The topological polar surface area (TPSA) is 26.8 Å². The Hall–Kier alpha value is -1.39.